The summed E-state index contributed by atoms with van der Waals surface area (Å²) in [6.07, 6.45) is 2.35. The Hall–Kier alpha value is -0.720. The normalized spacial score (nSPS) is 15.0. The highest BCUT2D eigenvalue weighted by atomic mass is 33.1. The van der Waals surface area contributed by atoms with E-state index in [4.69, 9.17) is 10.5 Å². The number of nitrogens with two attached hydrogens (primary N) is 1. The van der Waals surface area contributed by atoms with Crippen molar-refractivity contribution in [1.82, 2.24) is 4.98 Å². The zero-order valence-electron chi connectivity index (χ0n) is 15.6. The largest absolute Gasteiger partial charge is 0.464 e. The maximum absolute atomic E-state index is 12.7. The standard InChI is InChI=1S/C18H30N2O2S2/c1-16(2,3)18(6,13-17(4,5)19)15(21)22-11-12-23-24-14-9-7-8-10-20-14/h7-10H,11-13,19H2,1-6H3. The molecular weight excluding hydrogens is 340 g/mol. The van der Waals surface area contributed by atoms with Crippen LogP contribution in [0.1, 0.15) is 48.0 Å². The summed E-state index contributed by atoms with van der Waals surface area (Å²) < 4.78 is 5.57. The third-order valence-corrected chi connectivity index (χ3v) is 6.33. The molecule has 0 spiro atoms. The summed E-state index contributed by atoms with van der Waals surface area (Å²) in [4.78, 5) is 17.0. The van der Waals surface area contributed by atoms with Crippen molar-refractivity contribution in [3.8, 4) is 0 Å². The van der Waals surface area contributed by atoms with Gasteiger partial charge in [0.15, 0.2) is 0 Å². The smallest absolute Gasteiger partial charge is 0.312 e. The van der Waals surface area contributed by atoms with Gasteiger partial charge in [-0.1, -0.05) is 37.6 Å². The van der Waals surface area contributed by atoms with E-state index in [9.17, 15) is 4.79 Å². The number of pyridine rings is 1. The van der Waals surface area contributed by atoms with Gasteiger partial charge in [0.25, 0.3) is 0 Å². The Bertz CT molecular complexity index is 524. The van der Waals surface area contributed by atoms with Gasteiger partial charge in [0, 0.05) is 17.5 Å². The molecule has 1 aromatic heterocycles. The fraction of sp³-hybridized carbons (Fsp3) is 0.667. The van der Waals surface area contributed by atoms with E-state index in [0.717, 1.165) is 10.8 Å². The monoisotopic (exact) mass is 370 g/mol. The van der Waals surface area contributed by atoms with Crippen molar-refractivity contribution < 1.29 is 9.53 Å². The zero-order valence-corrected chi connectivity index (χ0v) is 17.2. The van der Waals surface area contributed by atoms with Crippen LogP contribution in [0.2, 0.25) is 0 Å². The summed E-state index contributed by atoms with van der Waals surface area (Å²) >= 11 is 0. The molecule has 0 saturated carbocycles. The SMILES string of the molecule is CC(C)(N)CC(C)(C(=O)OCCSSc1ccccn1)C(C)(C)C. The van der Waals surface area contributed by atoms with E-state index >= 15 is 0 Å². The molecule has 0 aliphatic heterocycles. The number of aromatic nitrogens is 1. The van der Waals surface area contributed by atoms with Crippen LogP contribution in [-0.4, -0.2) is 28.9 Å². The highest BCUT2D eigenvalue weighted by Gasteiger charge is 2.47. The third kappa shape index (κ3) is 6.65. The lowest BCUT2D eigenvalue weighted by atomic mass is 9.63. The first kappa shape index (κ1) is 21.3. The molecule has 1 aromatic rings. The van der Waals surface area contributed by atoms with Crippen LogP contribution < -0.4 is 5.73 Å². The Balaban J connectivity index is 2.51. The minimum atomic E-state index is -0.621. The van der Waals surface area contributed by atoms with Gasteiger partial charge in [0.05, 0.1) is 5.41 Å². The summed E-state index contributed by atoms with van der Waals surface area (Å²) in [5, 5.41) is 0.957. The summed E-state index contributed by atoms with van der Waals surface area (Å²) in [7, 11) is 3.22. The first-order valence-electron chi connectivity index (χ1n) is 8.12. The van der Waals surface area contributed by atoms with Crippen molar-refractivity contribution in [3.63, 3.8) is 0 Å². The minimum Gasteiger partial charge on any atom is -0.464 e. The summed E-state index contributed by atoms with van der Waals surface area (Å²) in [5.41, 5.74) is 4.90. The Kier molecular flexibility index (Phi) is 7.63. The molecule has 0 amide bonds. The Morgan fingerprint density at radius 1 is 1.21 bits per heavy atom. The number of carbonyl (C=O) groups is 1. The van der Waals surface area contributed by atoms with Crippen LogP contribution in [0.25, 0.3) is 0 Å². The Labute approximate surface area is 154 Å². The van der Waals surface area contributed by atoms with Crippen LogP contribution in [0.3, 0.4) is 0 Å². The van der Waals surface area contributed by atoms with E-state index < -0.39 is 11.0 Å². The summed E-state index contributed by atoms with van der Waals surface area (Å²) in [6, 6.07) is 5.81. The lowest BCUT2D eigenvalue weighted by Gasteiger charge is -2.43. The zero-order chi connectivity index (χ0) is 18.4. The molecule has 1 atom stereocenters. The van der Waals surface area contributed by atoms with Crippen molar-refractivity contribution in [2.45, 2.75) is 58.5 Å². The van der Waals surface area contributed by atoms with E-state index in [1.807, 2.05) is 39.0 Å². The first-order chi connectivity index (χ1) is 11.0. The molecule has 4 nitrogen and oxygen atoms in total. The average Bonchev–Trinajstić information content (AvgIpc) is 2.44. The molecule has 6 heteroatoms. The number of rotatable bonds is 8. The molecular formula is C18H30N2O2S2. The fourth-order valence-corrected chi connectivity index (χ4v) is 4.09. The predicted molar refractivity (Wildman–Crippen MR) is 104 cm³/mol. The molecule has 0 aliphatic rings. The Morgan fingerprint density at radius 3 is 2.38 bits per heavy atom. The number of carbonyl (C=O) groups excluding carboxylic acids is 1. The van der Waals surface area contributed by atoms with Crippen molar-refractivity contribution in [1.29, 1.82) is 0 Å². The Morgan fingerprint density at radius 2 is 1.88 bits per heavy atom. The molecule has 0 aromatic carbocycles. The van der Waals surface area contributed by atoms with Gasteiger partial charge in [-0.25, -0.2) is 4.98 Å². The van der Waals surface area contributed by atoms with Gasteiger partial charge >= 0.3 is 5.97 Å². The molecule has 0 saturated heterocycles. The fourth-order valence-electron chi connectivity index (χ4n) is 2.38. The van der Waals surface area contributed by atoms with E-state index in [1.54, 1.807) is 27.8 Å². The molecule has 1 heterocycles. The highest BCUT2D eigenvalue weighted by molar-refractivity contribution is 8.76. The van der Waals surface area contributed by atoms with E-state index in [1.165, 1.54) is 0 Å². The number of esters is 1. The van der Waals surface area contributed by atoms with E-state index in [0.29, 0.717) is 13.0 Å². The molecule has 0 aliphatic carbocycles. The van der Waals surface area contributed by atoms with Gasteiger partial charge < -0.3 is 10.5 Å². The lowest BCUT2D eigenvalue weighted by Crippen LogP contribution is -2.49. The van der Waals surface area contributed by atoms with E-state index in [2.05, 4.69) is 25.8 Å². The number of hydrogen-bond acceptors (Lipinski definition) is 6. The van der Waals surface area contributed by atoms with Gasteiger partial charge in [-0.15, -0.1) is 0 Å². The second kappa shape index (κ2) is 8.59. The minimum absolute atomic E-state index is 0.169. The van der Waals surface area contributed by atoms with Gasteiger partial charge in [-0.05, 0) is 55.5 Å². The average molecular weight is 371 g/mol. The highest BCUT2D eigenvalue weighted by Crippen LogP contribution is 2.45. The molecule has 1 unspecified atom stereocenters. The van der Waals surface area contributed by atoms with E-state index in [-0.39, 0.29) is 11.4 Å². The molecule has 1 rings (SSSR count). The quantitative estimate of drug-likeness (QED) is 0.411. The third-order valence-electron chi connectivity index (χ3n) is 4.10. The second-order valence-electron chi connectivity index (χ2n) is 7.96. The van der Waals surface area contributed by atoms with Gasteiger partial charge in [0.1, 0.15) is 11.6 Å². The van der Waals surface area contributed by atoms with Crippen LogP contribution in [0.15, 0.2) is 29.4 Å². The van der Waals surface area contributed by atoms with Gasteiger partial charge in [-0.3, -0.25) is 4.79 Å². The maximum atomic E-state index is 12.7. The van der Waals surface area contributed by atoms with Crippen LogP contribution in [0.4, 0.5) is 0 Å². The number of ether oxygens (including phenoxy) is 1. The second-order valence-corrected chi connectivity index (χ2v) is 10.4. The molecule has 24 heavy (non-hydrogen) atoms. The van der Waals surface area contributed by atoms with Crippen molar-refractivity contribution >= 4 is 27.6 Å². The maximum Gasteiger partial charge on any atom is 0.312 e. The molecule has 136 valence electrons. The summed E-state index contributed by atoms with van der Waals surface area (Å²) in [6.45, 7) is 12.4. The molecule has 0 radical (unpaired) electrons. The number of hydrogen-bond donors (Lipinski definition) is 1. The van der Waals surface area contributed by atoms with Crippen LogP contribution in [-0.2, 0) is 9.53 Å². The van der Waals surface area contributed by atoms with Crippen LogP contribution in [0.5, 0.6) is 0 Å². The van der Waals surface area contributed by atoms with Crippen LogP contribution >= 0.6 is 21.6 Å². The summed E-state index contributed by atoms with van der Waals surface area (Å²) in [5.74, 6) is 0.552. The molecule has 0 bridgehead atoms. The number of nitrogens with zero attached hydrogens (tertiary/aromatic N) is 1. The predicted octanol–water partition coefficient (Wildman–Crippen LogP) is 4.54. The molecule has 0 fully saturated rings. The molecule has 2 N–H and O–H groups in total. The topological polar surface area (TPSA) is 65.2 Å². The lowest BCUT2D eigenvalue weighted by molar-refractivity contribution is -0.163. The van der Waals surface area contributed by atoms with Crippen LogP contribution in [0, 0.1) is 10.8 Å². The van der Waals surface area contributed by atoms with Crippen molar-refractivity contribution in [3.05, 3.63) is 24.4 Å². The van der Waals surface area contributed by atoms with Crippen molar-refractivity contribution in [2.24, 2.45) is 16.6 Å². The van der Waals surface area contributed by atoms with Crippen molar-refractivity contribution in [2.75, 3.05) is 12.4 Å². The van der Waals surface area contributed by atoms with Gasteiger partial charge in [0.2, 0.25) is 0 Å². The van der Waals surface area contributed by atoms with Gasteiger partial charge in [-0.2, -0.15) is 0 Å². The first-order valence-corrected chi connectivity index (χ1v) is 10.4.